The van der Waals surface area contributed by atoms with Gasteiger partial charge in [-0.15, -0.1) is 0 Å². The number of amides is 2. The van der Waals surface area contributed by atoms with Gasteiger partial charge in [-0.3, -0.25) is 9.59 Å². The SMILES string of the molecule is CC(C)CN1C(=O)C(C)NC(=O)C1C. The van der Waals surface area contributed by atoms with Crippen molar-refractivity contribution in [3.05, 3.63) is 0 Å². The fourth-order valence-electron chi connectivity index (χ4n) is 1.62. The fourth-order valence-corrected chi connectivity index (χ4v) is 1.62. The second-order valence-electron chi connectivity index (χ2n) is 4.29. The molecule has 1 aliphatic rings. The maximum atomic E-state index is 11.7. The van der Waals surface area contributed by atoms with Crippen LogP contribution in [0.15, 0.2) is 0 Å². The zero-order valence-corrected chi connectivity index (χ0v) is 9.20. The molecule has 0 saturated carbocycles. The molecule has 80 valence electrons. The van der Waals surface area contributed by atoms with Crippen LogP contribution >= 0.6 is 0 Å². The van der Waals surface area contributed by atoms with Gasteiger partial charge < -0.3 is 10.2 Å². The molecule has 0 bridgehead atoms. The number of rotatable bonds is 2. The second kappa shape index (κ2) is 3.98. The smallest absolute Gasteiger partial charge is 0.245 e. The lowest BCUT2D eigenvalue weighted by molar-refractivity contribution is -0.148. The topological polar surface area (TPSA) is 49.4 Å². The van der Waals surface area contributed by atoms with E-state index in [4.69, 9.17) is 0 Å². The first-order valence-corrected chi connectivity index (χ1v) is 5.04. The number of hydrogen-bond donors (Lipinski definition) is 1. The van der Waals surface area contributed by atoms with Gasteiger partial charge in [0.15, 0.2) is 0 Å². The Morgan fingerprint density at radius 2 is 1.93 bits per heavy atom. The van der Waals surface area contributed by atoms with E-state index in [9.17, 15) is 9.59 Å². The number of carbonyl (C=O) groups is 2. The summed E-state index contributed by atoms with van der Waals surface area (Å²) in [5.74, 6) is 0.350. The first kappa shape index (κ1) is 11.0. The predicted octanol–water partition coefficient (Wildman–Crippen LogP) is 0.378. The third kappa shape index (κ3) is 2.05. The molecule has 1 heterocycles. The van der Waals surface area contributed by atoms with E-state index in [1.807, 2.05) is 13.8 Å². The third-order valence-corrected chi connectivity index (χ3v) is 2.42. The van der Waals surface area contributed by atoms with Gasteiger partial charge in [0, 0.05) is 6.54 Å². The monoisotopic (exact) mass is 198 g/mol. The molecule has 1 fully saturated rings. The molecule has 0 radical (unpaired) electrons. The molecule has 0 aromatic heterocycles. The molecule has 4 nitrogen and oxygen atoms in total. The Morgan fingerprint density at radius 1 is 1.36 bits per heavy atom. The first-order chi connectivity index (χ1) is 6.43. The fraction of sp³-hybridized carbons (Fsp3) is 0.800. The molecule has 0 aromatic carbocycles. The lowest BCUT2D eigenvalue weighted by atomic mass is 10.1. The lowest BCUT2D eigenvalue weighted by Gasteiger charge is -2.37. The van der Waals surface area contributed by atoms with Gasteiger partial charge in [-0.2, -0.15) is 0 Å². The van der Waals surface area contributed by atoms with Crippen LogP contribution in [0, 0.1) is 5.92 Å². The maximum Gasteiger partial charge on any atom is 0.245 e. The van der Waals surface area contributed by atoms with Gasteiger partial charge in [0.1, 0.15) is 12.1 Å². The van der Waals surface area contributed by atoms with Crippen molar-refractivity contribution in [3.8, 4) is 0 Å². The van der Waals surface area contributed by atoms with Crippen molar-refractivity contribution in [3.63, 3.8) is 0 Å². The van der Waals surface area contributed by atoms with Crippen molar-refractivity contribution >= 4 is 11.8 Å². The average molecular weight is 198 g/mol. The molecule has 1 rings (SSSR count). The predicted molar refractivity (Wildman–Crippen MR) is 53.6 cm³/mol. The molecule has 14 heavy (non-hydrogen) atoms. The van der Waals surface area contributed by atoms with Crippen LogP contribution in [0.2, 0.25) is 0 Å². The van der Waals surface area contributed by atoms with Gasteiger partial charge in [0.2, 0.25) is 11.8 Å². The highest BCUT2D eigenvalue weighted by atomic mass is 16.2. The van der Waals surface area contributed by atoms with E-state index in [-0.39, 0.29) is 23.9 Å². The zero-order chi connectivity index (χ0) is 10.9. The van der Waals surface area contributed by atoms with Crippen LogP contribution in [0.25, 0.3) is 0 Å². The van der Waals surface area contributed by atoms with Crippen LogP contribution in [-0.2, 0) is 9.59 Å². The van der Waals surface area contributed by atoms with Crippen LogP contribution in [0.5, 0.6) is 0 Å². The summed E-state index contributed by atoms with van der Waals surface area (Å²) in [6, 6.07) is -0.710. The molecule has 2 atom stereocenters. The summed E-state index contributed by atoms with van der Waals surface area (Å²) in [5, 5.41) is 2.65. The molecule has 0 aliphatic carbocycles. The summed E-state index contributed by atoms with van der Waals surface area (Å²) >= 11 is 0. The van der Waals surface area contributed by atoms with E-state index < -0.39 is 0 Å². The minimum Gasteiger partial charge on any atom is -0.343 e. The van der Waals surface area contributed by atoms with E-state index in [2.05, 4.69) is 5.32 Å². The molecule has 0 spiro atoms. The Labute approximate surface area is 84.7 Å². The third-order valence-electron chi connectivity index (χ3n) is 2.42. The van der Waals surface area contributed by atoms with Crippen LogP contribution in [0.4, 0.5) is 0 Å². The number of nitrogens with zero attached hydrogens (tertiary/aromatic N) is 1. The Hall–Kier alpha value is -1.06. The highest BCUT2D eigenvalue weighted by molar-refractivity contribution is 5.96. The van der Waals surface area contributed by atoms with Crippen molar-refractivity contribution in [1.82, 2.24) is 10.2 Å². The van der Waals surface area contributed by atoms with Crippen molar-refractivity contribution in [1.29, 1.82) is 0 Å². The number of carbonyl (C=O) groups excluding carboxylic acids is 2. The quantitative estimate of drug-likeness (QED) is 0.697. The van der Waals surface area contributed by atoms with E-state index in [0.29, 0.717) is 12.5 Å². The highest BCUT2D eigenvalue weighted by Crippen LogP contribution is 2.11. The Morgan fingerprint density at radius 3 is 2.43 bits per heavy atom. The molecule has 1 saturated heterocycles. The van der Waals surface area contributed by atoms with Gasteiger partial charge in [0.05, 0.1) is 0 Å². The van der Waals surface area contributed by atoms with Crippen LogP contribution in [0.3, 0.4) is 0 Å². The summed E-state index contributed by atoms with van der Waals surface area (Å²) in [7, 11) is 0. The summed E-state index contributed by atoms with van der Waals surface area (Å²) < 4.78 is 0. The van der Waals surface area contributed by atoms with Gasteiger partial charge in [-0.25, -0.2) is 0 Å². The zero-order valence-electron chi connectivity index (χ0n) is 9.20. The second-order valence-corrected chi connectivity index (χ2v) is 4.29. The maximum absolute atomic E-state index is 11.7. The van der Waals surface area contributed by atoms with Crippen molar-refractivity contribution in [2.45, 2.75) is 39.8 Å². The Bertz CT molecular complexity index is 251. The van der Waals surface area contributed by atoms with Gasteiger partial charge in [-0.05, 0) is 19.8 Å². The molecule has 1 aliphatic heterocycles. The van der Waals surface area contributed by atoms with Gasteiger partial charge >= 0.3 is 0 Å². The minimum absolute atomic E-state index is 0.0193. The number of hydrogen-bond acceptors (Lipinski definition) is 2. The van der Waals surface area contributed by atoms with E-state index in [1.54, 1.807) is 18.7 Å². The van der Waals surface area contributed by atoms with E-state index in [1.165, 1.54) is 0 Å². The summed E-state index contributed by atoms with van der Waals surface area (Å²) in [6.45, 7) is 8.22. The van der Waals surface area contributed by atoms with Crippen LogP contribution in [0.1, 0.15) is 27.7 Å². The molecule has 2 amide bonds. The van der Waals surface area contributed by atoms with Gasteiger partial charge in [-0.1, -0.05) is 13.8 Å². The molecular formula is C10H18N2O2. The van der Waals surface area contributed by atoms with Crippen LogP contribution in [-0.4, -0.2) is 35.3 Å². The largest absolute Gasteiger partial charge is 0.343 e. The lowest BCUT2D eigenvalue weighted by Crippen LogP contribution is -2.61. The Balaban J connectivity index is 2.77. The highest BCUT2D eigenvalue weighted by Gasteiger charge is 2.35. The molecular weight excluding hydrogens is 180 g/mol. The molecule has 4 heteroatoms. The summed E-state index contributed by atoms with van der Waals surface area (Å²) in [4.78, 5) is 24.8. The van der Waals surface area contributed by atoms with Crippen molar-refractivity contribution in [2.75, 3.05) is 6.54 Å². The standard InChI is InChI=1S/C10H18N2O2/c1-6(2)5-12-8(4)9(13)11-7(3)10(12)14/h6-8H,5H2,1-4H3,(H,11,13). The summed E-state index contributed by atoms with van der Waals surface area (Å²) in [5.41, 5.74) is 0. The Kier molecular flexibility index (Phi) is 3.13. The average Bonchev–Trinajstić information content (AvgIpc) is 2.09. The molecule has 0 aromatic rings. The first-order valence-electron chi connectivity index (χ1n) is 5.04. The van der Waals surface area contributed by atoms with Crippen molar-refractivity contribution in [2.24, 2.45) is 5.92 Å². The number of piperazine rings is 1. The summed E-state index contributed by atoms with van der Waals surface area (Å²) in [6.07, 6.45) is 0. The normalized spacial score (nSPS) is 28.2. The van der Waals surface area contributed by atoms with E-state index >= 15 is 0 Å². The molecule has 2 unspecified atom stereocenters. The number of nitrogens with one attached hydrogen (secondary N) is 1. The van der Waals surface area contributed by atoms with Crippen molar-refractivity contribution < 1.29 is 9.59 Å². The molecule has 1 N–H and O–H groups in total. The van der Waals surface area contributed by atoms with E-state index in [0.717, 1.165) is 0 Å². The van der Waals surface area contributed by atoms with Crippen LogP contribution < -0.4 is 5.32 Å². The van der Waals surface area contributed by atoms with Gasteiger partial charge in [0.25, 0.3) is 0 Å². The minimum atomic E-state index is -0.377.